The molecular formula is C19H19BrOS. The van der Waals surface area contributed by atoms with Gasteiger partial charge in [0.2, 0.25) is 0 Å². The van der Waals surface area contributed by atoms with Gasteiger partial charge in [-0.05, 0) is 33.5 Å². The molecule has 0 radical (unpaired) electrons. The van der Waals surface area contributed by atoms with Gasteiger partial charge in [0, 0.05) is 11.8 Å². The van der Waals surface area contributed by atoms with Crippen LogP contribution in [-0.2, 0) is 11.8 Å². The van der Waals surface area contributed by atoms with E-state index in [2.05, 4.69) is 28.1 Å². The van der Waals surface area contributed by atoms with E-state index >= 15 is 0 Å². The minimum Gasteiger partial charge on any atom is -0.388 e. The highest BCUT2D eigenvalue weighted by Crippen LogP contribution is 2.20. The molecular weight excluding hydrogens is 356 g/mol. The molecule has 1 atom stereocenters. The number of alkyl halides is 1. The molecule has 0 aliphatic carbocycles. The summed E-state index contributed by atoms with van der Waals surface area (Å²) in [6.45, 7) is 0. The monoisotopic (exact) mass is 374 g/mol. The van der Waals surface area contributed by atoms with E-state index in [1.165, 1.54) is 11.1 Å². The molecule has 0 aliphatic heterocycles. The summed E-state index contributed by atoms with van der Waals surface area (Å²) in [4.78, 5) is 0. The van der Waals surface area contributed by atoms with Gasteiger partial charge in [-0.15, -0.1) is 0 Å². The highest BCUT2D eigenvalue weighted by Gasteiger charge is 2.07. The maximum absolute atomic E-state index is 9.87. The third-order valence-electron chi connectivity index (χ3n) is 3.20. The number of aliphatic hydroxyl groups excluding tert-OH is 1. The van der Waals surface area contributed by atoms with Crippen LogP contribution >= 0.6 is 27.3 Å². The Morgan fingerprint density at radius 2 is 1.45 bits per heavy atom. The van der Waals surface area contributed by atoms with Gasteiger partial charge >= 0.3 is 0 Å². The Hall–Kier alpha value is -1.42. The smallest absolute Gasteiger partial charge is 0.0838 e. The molecule has 0 saturated heterocycles. The molecule has 1 unspecified atom stereocenters. The van der Waals surface area contributed by atoms with Crippen molar-refractivity contribution in [2.75, 3.05) is 0 Å². The number of benzene rings is 2. The Balaban J connectivity index is 0.000000188. The number of rotatable bonds is 4. The third-order valence-corrected chi connectivity index (χ3v) is 4.55. The van der Waals surface area contributed by atoms with Crippen molar-refractivity contribution >= 4 is 27.3 Å². The maximum atomic E-state index is 9.87. The lowest BCUT2D eigenvalue weighted by Crippen LogP contribution is -1.99. The lowest BCUT2D eigenvalue weighted by atomic mass is 10.0. The van der Waals surface area contributed by atoms with E-state index in [1.807, 2.05) is 65.4 Å². The van der Waals surface area contributed by atoms with Gasteiger partial charge in [-0.25, -0.2) is 0 Å². The van der Waals surface area contributed by atoms with Crippen molar-refractivity contribution in [3.63, 3.8) is 0 Å². The molecule has 3 aromatic rings. The molecule has 3 rings (SSSR count). The van der Waals surface area contributed by atoms with Crippen LogP contribution in [0.3, 0.4) is 0 Å². The van der Waals surface area contributed by atoms with E-state index in [9.17, 15) is 5.11 Å². The molecule has 0 amide bonds. The average molecular weight is 375 g/mol. The first-order valence-electron chi connectivity index (χ1n) is 7.13. The number of halogens is 1. The van der Waals surface area contributed by atoms with E-state index in [-0.39, 0.29) is 6.10 Å². The number of hydrogen-bond donors (Lipinski definition) is 1. The molecule has 0 fully saturated rings. The Labute approximate surface area is 144 Å². The second kappa shape index (κ2) is 9.57. The van der Waals surface area contributed by atoms with Crippen LogP contribution in [0.15, 0.2) is 77.5 Å². The predicted molar refractivity (Wildman–Crippen MR) is 98.5 cm³/mol. The highest BCUT2D eigenvalue weighted by atomic mass is 79.9. The quantitative estimate of drug-likeness (QED) is 0.588. The Kier molecular flexibility index (Phi) is 7.37. The lowest BCUT2D eigenvalue weighted by molar-refractivity contribution is 0.179. The van der Waals surface area contributed by atoms with Crippen molar-refractivity contribution < 1.29 is 5.11 Å². The van der Waals surface area contributed by atoms with Gasteiger partial charge in [0.25, 0.3) is 0 Å². The Morgan fingerprint density at radius 1 is 0.864 bits per heavy atom. The van der Waals surface area contributed by atoms with Crippen LogP contribution in [0.2, 0.25) is 0 Å². The van der Waals surface area contributed by atoms with Crippen molar-refractivity contribution in [2.24, 2.45) is 0 Å². The van der Waals surface area contributed by atoms with Crippen molar-refractivity contribution in [2.45, 2.75) is 17.9 Å². The normalized spacial score (nSPS) is 11.4. The van der Waals surface area contributed by atoms with Gasteiger partial charge in [0.05, 0.1) is 6.10 Å². The molecule has 1 nitrogen and oxygen atoms in total. The third kappa shape index (κ3) is 5.76. The SMILES string of the molecule is BrCc1ccccc1.OC(Cc1ccccc1)c1ccsc1. The van der Waals surface area contributed by atoms with E-state index in [0.717, 1.165) is 10.9 Å². The second-order valence-corrected chi connectivity index (χ2v) is 6.22. The minimum absolute atomic E-state index is 0.372. The fraction of sp³-hybridized carbons (Fsp3) is 0.158. The standard InChI is InChI=1S/C12H12OS.C7H7Br/c13-12(11-6-7-14-9-11)8-10-4-2-1-3-5-10;8-6-7-4-2-1-3-5-7/h1-7,9,12-13H,8H2;1-5H,6H2. The summed E-state index contributed by atoms with van der Waals surface area (Å²) >= 11 is 4.98. The molecule has 2 aromatic carbocycles. The van der Waals surface area contributed by atoms with Gasteiger partial charge in [-0.1, -0.05) is 76.6 Å². The topological polar surface area (TPSA) is 20.2 Å². The molecule has 1 N–H and O–H groups in total. The van der Waals surface area contributed by atoms with Gasteiger partial charge < -0.3 is 5.11 Å². The summed E-state index contributed by atoms with van der Waals surface area (Å²) < 4.78 is 0. The van der Waals surface area contributed by atoms with Crippen molar-refractivity contribution in [1.29, 1.82) is 0 Å². The molecule has 1 heterocycles. The first kappa shape index (κ1) is 16.9. The average Bonchev–Trinajstić information content (AvgIpc) is 3.12. The van der Waals surface area contributed by atoms with E-state index < -0.39 is 0 Å². The molecule has 0 saturated carbocycles. The zero-order chi connectivity index (χ0) is 15.6. The zero-order valence-corrected chi connectivity index (χ0v) is 14.6. The molecule has 22 heavy (non-hydrogen) atoms. The Morgan fingerprint density at radius 3 is 1.91 bits per heavy atom. The summed E-state index contributed by atoms with van der Waals surface area (Å²) in [6.07, 6.45) is 0.320. The number of aliphatic hydroxyl groups is 1. The highest BCUT2D eigenvalue weighted by molar-refractivity contribution is 9.08. The van der Waals surface area contributed by atoms with Crippen molar-refractivity contribution in [3.05, 3.63) is 94.2 Å². The van der Waals surface area contributed by atoms with Crippen molar-refractivity contribution in [1.82, 2.24) is 0 Å². The predicted octanol–water partition coefficient (Wildman–Crippen LogP) is 5.61. The van der Waals surface area contributed by atoms with Gasteiger partial charge in [-0.2, -0.15) is 11.3 Å². The summed E-state index contributed by atoms with van der Waals surface area (Å²) in [7, 11) is 0. The maximum Gasteiger partial charge on any atom is 0.0838 e. The largest absolute Gasteiger partial charge is 0.388 e. The van der Waals surface area contributed by atoms with Crippen LogP contribution in [0, 0.1) is 0 Å². The van der Waals surface area contributed by atoms with E-state index in [0.29, 0.717) is 6.42 Å². The van der Waals surface area contributed by atoms with E-state index in [1.54, 1.807) is 11.3 Å². The van der Waals surface area contributed by atoms with Crippen molar-refractivity contribution in [3.8, 4) is 0 Å². The summed E-state index contributed by atoms with van der Waals surface area (Å²) in [5.74, 6) is 0. The molecule has 114 valence electrons. The van der Waals surface area contributed by atoms with Crippen LogP contribution in [0.5, 0.6) is 0 Å². The van der Waals surface area contributed by atoms with Crippen LogP contribution < -0.4 is 0 Å². The van der Waals surface area contributed by atoms with Crippen LogP contribution in [0.4, 0.5) is 0 Å². The van der Waals surface area contributed by atoms with Gasteiger partial charge in [-0.3, -0.25) is 0 Å². The number of hydrogen-bond acceptors (Lipinski definition) is 2. The second-order valence-electron chi connectivity index (χ2n) is 4.88. The number of thiophene rings is 1. The van der Waals surface area contributed by atoms with Crippen LogP contribution in [0.1, 0.15) is 22.8 Å². The zero-order valence-electron chi connectivity index (χ0n) is 12.2. The molecule has 1 aromatic heterocycles. The minimum atomic E-state index is -0.372. The van der Waals surface area contributed by atoms with Crippen LogP contribution in [-0.4, -0.2) is 5.11 Å². The summed E-state index contributed by atoms with van der Waals surface area (Å²) in [5, 5.41) is 14.8. The van der Waals surface area contributed by atoms with Gasteiger partial charge in [0.15, 0.2) is 0 Å². The summed E-state index contributed by atoms with van der Waals surface area (Å²) in [6, 6.07) is 22.3. The first-order chi connectivity index (χ1) is 10.8. The molecule has 0 spiro atoms. The molecule has 0 bridgehead atoms. The lowest BCUT2D eigenvalue weighted by Gasteiger charge is -2.08. The van der Waals surface area contributed by atoms with Crippen LogP contribution in [0.25, 0.3) is 0 Å². The summed E-state index contributed by atoms with van der Waals surface area (Å²) in [5.41, 5.74) is 3.51. The van der Waals surface area contributed by atoms with Gasteiger partial charge in [0.1, 0.15) is 0 Å². The fourth-order valence-electron chi connectivity index (χ4n) is 1.99. The Bertz CT molecular complexity index is 623. The molecule has 3 heteroatoms. The van der Waals surface area contributed by atoms with E-state index in [4.69, 9.17) is 0 Å². The molecule has 0 aliphatic rings. The fourth-order valence-corrected chi connectivity index (χ4v) is 3.07. The first-order valence-corrected chi connectivity index (χ1v) is 9.20.